The van der Waals surface area contributed by atoms with Crippen molar-refractivity contribution < 1.29 is 14.2 Å². The summed E-state index contributed by atoms with van der Waals surface area (Å²) in [7, 11) is 0. The Hall–Kier alpha value is -0.240. The maximum Gasteiger partial charge on any atom is 0.0594 e. The first-order chi connectivity index (χ1) is 15.4. The first kappa shape index (κ1) is 32.8. The molecule has 200 valence electrons. The van der Waals surface area contributed by atoms with Gasteiger partial charge in [-0.2, -0.15) is 0 Å². The van der Waals surface area contributed by atoms with Crippen molar-refractivity contribution in [2.45, 2.75) is 68.7 Å². The van der Waals surface area contributed by atoms with Gasteiger partial charge < -0.3 is 19.5 Å². The predicted molar refractivity (Wildman–Crippen MR) is 142 cm³/mol. The molecule has 0 unspecified atom stereocenters. The summed E-state index contributed by atoms with van der Waals surface area (Å²) >= 11 is 0. The van der Waals surface area contributed by atoms with Crippen LogP contribution in [0, 0.1) is 16.7 Å². The average molecular weight is 474 g/mol. The van der Waals surface area contributed by atoms with Crippen LogP contribution >= 0.6 is 0 Å². The Morgan fingerprint density at radius 2 is 1.03 bits per heavy atom. The van der Waals surface area contributed by atoms with Gasteiger partial charge in [0.1, 0.15) is 0 Å². The summed E-state index contributed by atoms with van der Waals surface area (Å²) in [6, 6.07) is 0. The molecule has 0 aromatic rings. The minimum absolute atomic E-state index is 0.428. The zero-order chi connectivity index (χ0) is 25.2. The zero-order valence-electron chi connectivity index (χ0n) is 23.8. The quantitative estimate of drug-likeness (QED) is 0.656. The molecule has 1 N–H and O–H groups in total. The highest BCUT2D eigenvalue weighted by atomic mass is 16.5. The summed E-state index contributed by atoms with van der Waals surface area (Å²) in [5.41, 5.74) is 0.898. The van der Waals surface area contributed by atoms with Crippen LogP contribution < -0.4 is 5.32 Å². The monoisotopic (exact) mass is 473 g/mol. The van der Waals surface area contributed by atoms with Gasteiger partial charge in [-0.3, -0.25) is 9.80 Å². The lowest BCUT2D eigenvalue weighted by atomic mass is 9.92. The lowest BCUT2D eigenvalue weighted by molar-refractivity contribution is 0.0236. The standard InChI is InChI=1S/C10H21NO.C9H19NO.C4H9NO.C4H10/c1-10(2,3)4-5-11-6-8-12-9-7-11;1-9(2,3)8-10-4-6-11-7-5-10;1-3-6-4-2-5-1;1-4(2)3/h4-9H2,1-3H3;4-8H2,1-3H3;5H,1-4H2;4H,1-3H3. The number of nitrogens with one attached hydrogen (secondary N) is 1. The molecule has 6 nitrogen and oxygen atoms in total. The number of hydrogen-bond donors (Lipinski definition) is 1. The molecular formula is C27H59N3O3. The smallest absolute Gasteiger partial charge is 0.0594 e. The molecule has 3 fully saturated rings. The van der Waals surface area contributed by atoms with Crippen molar-refractivity contribution in [3.05, 3.63) is 0 Å². The molecule has 6 heteroatoms. The minimum atomic E-state index is 0.428. The lowest BCUT2D eigenvalue weighted by Gasteiger charge is -2.32. The molecule has 0 atom stereocenters. The second-order valence-corrected chi connectivity index (χ2v) is 12.3. The molecule has 0 spiro atoms. The third-order valence-corrected chi connectivity index (χ3v) is 4.93. The van der Waals surface area contributed by atoms with E-state index in [1.54, 1.807) is 0 Å². The van der Waals surface area contributed by atoms with E-state index in [0.717, 1.165) is 84.8 Å². The van der Waals surface area contributed by atoms with Gasteiger partial charge in [0.15, 0.2) is 0 Å². The SMILES string of the molecule is C1COCCN1.CC(C)(C)CCN1CCOCC1.CC(C)(C)CN1CCOCC1.CC(C)C. The van der Waals surface area contributed by atoms with Crippen LogP contribution in [0.15, 0.2) is 0 Å². The zero-order valence-corrected chi connectivity index (χ0v) is 23.8. The Morgan fingerprint density at radius 3 is 1.33 bits per heavy atom. The molecule has 3 rings (SSSR count). The van der Waals surface area contributed by atoms with E-state index in [4.69, 9.17) is 14.2 Å². The maximum atomic E-state index is 5.29. The molecule has 3 heterocycles. The van der Waals surface area contributed by atoms with Crippen LogP contribution in [0.3, 0.4) is 0 Å². The number of hydrogen-bond acceptors (Lipinski definition) is 6. The molecular weight excluding hydrogens is 414 g/mol. The number of morpholine rings is 3. The second kappa shape index (κ2) is 19.0. The summed E-state index contributed by atoms with van der Waals surface area (Å²) in [5.74, 6) is 0.833. The van der Waals surface area contributed by atoms with Gasteiger partial charge in [-0.25, -0.2) is 0 Å². The molecule has 3 aliphatic heterocycles. The van der Waals surface area contributed by atoms with Gasteiger partial charge in [-0.15, -0.1) is 0 Å². The summed E-state index contributed by atoms with van der Waals surface area (Å²) in [5, 5.41) is 3.16. The van der Waals surface area contributed by atoms with Crippen LogP contribution in [-0.4, -0.2) is 102 Å². The van der Waals surface area contributed by atoms with E-state index in [-0.39, 0.29) is 0 Å². The lowest BCUT2D eigenvalue weighted by Crippen LogP contribution is -2.41. The Bertz CT molecular complexity index is 403. The van der Waals surface area contributed by atoms with Crippen LogP contribution in [0.2, 0.25) is 0 Å². The van der Waals surface area contributed by atoms with Crippen LogP contribution in [-0.2, 0) is 14.2 Å². The Balaban J connectivity index is 0.000000447. The van der Waals surface area contributed by atoms with Crippen molar-refractivity contribution in [1.82, 2.24) is 15.1 Å². The van der Waals surface area contributed by atoms with E-state index in [0.29, 0.717) is 10.8 Å². The van der Waals surface area contributed by atoms with Gasteiger partial charge in [0.2, 0.25) is 0 Å². The normalized spacial score (nSPS) is 20.5. The fourth-order valence-corrected chi connectivity index (χ4v) is 3.26. The molecule has 0 radical (unpaired) electrons. The topological polar surface area (TPSA) is 46.2 Å². The van der Waals surface area contributed by atoms with Crippen LogP contribution in [0.4, 0.5) is 0 Å². The van der Waals surface area contributed by atoms with Gasteiger partial charge in [0.25, 0.3) is 0 Å². The summed E-state index contributed by atoms with van der Waals surface area (Å²) in [6.07, 6.45) is 1.28. The van der Waals surface area contributed by atoms with E-state index in [2.05, 4.69) is 77.4 Å². The van der Waals surface area contributed by atoms with Crippen LogP contribution in [0.25, 0.3) is 0 Å². The Kier molecular flexibility index (Phi) is 18.9. The second-order valence-electron chi connectivity index (χ2n) is 12.3. The minimum Gasteiger partial charge on any atom is -0.379 e. The van der Waals surface area contributed by atoms with Crippen LogP contribution in [0.5, 0.6) is 0 Å². The highest BCUT2D eigenvalue weighted by molar-refractivity contribution is 4.70. The molecule has 0 bridgehead atoms. The summed E-state index contributed by atoms with van der Waals surface area (Å²) in [6.45, 7) is 34.6. The fraction of sp³-hybridized carbons (Fsp3) is 1.00. The Labute approximate surface area is 207 Å². The van der Waals surface area contributed by atoms with E-state index in [9.17, 15) is 0 Å². The van der Waals surface area contributed by atoms with Crippen molar-refractivity contribution in [3.63, 3.8) is 0 Å². The van der Waals surface area contributed by atoms with E-state index >= 15 is 0 Å². The van der Waals surface area contributed by atoms with Gasteiger partial charge >= 0.3 is 0 Å². The molecule has 0 amide bonds. The largest absolute Gasteiger partial charge is 0.379 e. The number of ether oxygens (including phenoxy) is 3. The summed E-state index contributed by atoms with van der Waals surface area (Å²) < 4.78 is 15.6. The highest BCUT2D eigenvalue weighted by Gasteiger charge is 2.18. The van der Waals surface area contributed by atoms with Gasteiger partial charge in [0.05, 0.1) is 39.6 Å². The molecule has 3 saturated heterocycles. The van der Waals surface area contributed by atoms with E-state index in [1.165, 1.54) is 19.5 Å². The first-order valence-electron chi connectivity index (χ1n) is 13.3. The van der Waals surface area contributed by atoms with Crippen molar-refractivity contribution in [1.29, 1.82) is 0 Å². The molecule has 0 aromatic carbocycles. The third-order valence-electron chi connectivity index (χ3n) is 4.93. The fourth-order valence-electron chi connectivity index (χ4n) is 3.26. The molecule has 0 aliphatic carbocycles. The molecule has 0 saturated carbocycles. The van der Waals surface area contributed by atoms with Gasteiger partial charge in [-0.1, -0.05) is 62.3 Å². The number of nitrogens with zero attached hydrogens (tertiary/aromatic N) is 2. The molecule has 33 heavy (non-hydrogen) atoms. The van der Waals surface area contributed by atoms with E-state index in [1.807, 2.05) is 0 Å². The van der Waals surface area contributed by atoms with Crippen LogP contribution in [0.1, 0.15) is 68.7 Å². The molecule has 0 aromatic heterocycles. The Morgan fingerprint density at radius 1 is 0.636 bits per heavy atom. The van der Waals surface area contributed by atoms with Gasteiger partial charge in [-0.05, 0) is 29.7 Å². The third kappa shape index (κ3) is 26.2. The predicted octanol–water partition coefficient (Wildman–Crippen LogP) is 4.39. The van der Waals surface area contributed by atoms with Crippen molar-refractivity contribution in [2.75, 3.05) is 92.0 Å². The van der Waals surface area contributed by atoms with Gasteiger partial charge in [0, 0.05) is 45.8 Å². The highest BCUT2D eigenvalue weighted by Crippen LogP contribution is 2.19. The van der Waals surface area contributed by atoms with Crippen molar-refractivity contribution in [3.8, 4) is 0 Å². The maximum absolute atomic E-state index is 5.29. The molecule has 3 aliphatic rings. The average Bonchev–Trinajstić information content (AvgIpc) is 2.74. The van der Waals surface area contributed by atoms with Crippen molar-refractivity contribution in [2.24, 2.45) is 16.7 Å². The first-order valence-corrected chi connectivity index (χ1v) is 13.3. The number of rotatable bonds is 3. The van der Waals surface area contributed by atoms with Crippen molar-refractivity contribution >= 4 is 0 Å². The summed E-state index contributed by atoms with van der Waals surface area (Å²) in [4.78, 5) is 4.97. The van der Waals surface area contributed by atoms with E-state index < -0.39 is 0 Å².